The molecule has 0 spiro atoms. The van der Waals surface area contributed by atoms with Crippen molar-refractivity contribution in [1.82, 2.24) is 5.16 Å². The number of aromatic nitrogens is 1. The van der Waals surface area contributed by atoms with Crippen LogP contribution < -0.4 is 10.5 Å². The van der Waals surface area contributed by atoms with Gasteiger partial charge in [-0.3, -0.25) is 4.72 Å². The van der Waals surface area contributed by atoms with Gasteiger partial charge in [0.2, 0.25) is 10.0 Å². The van der Waals surface area contributed by atoms with Crippen molar-refractivity contribution in [3.8, 4) is 0 Å². The van der Waals surface area contributed by atoms with Crippen LogP contribution in [0.5, 0.6) is 0 Å². The lowest BCUT2D eigenvalue weighted by Crippen LogP contribution is -2.15. The van der Waals surface area contributed by atoms with E-state index in [2.05, 4.69) is 9.88 Å². The molecule has 0 unspecified atom stereocenters. The summed E-state index contributed by atoms with van der Waals surface area (Å²) in [7, 11) is -3.68. The molecule has 1 aromatic carbocycles. The Bertz CT molecular complexity index is 697. The fourth-order valence-corrected chi connectivity index (χ4v) is 2.57. The van der Waals surface area contributed by atoms with E-state index in [4.69, 9.17) is 10.3 Å². The summed E-state index contributed by atoms with van der Waals surface area (Å²) in [6.45, 7) is 1.66. The van der Waals surface area contributed by atoms with E-state index >= 15 is 0 Å². The number of anilines is 2. The monoisotopic (exact) mass is 285 g/mol. The Morgan fingerprint density at radius 3 is 2.74 bits per heavy atom. The molecule has 0 aliphatic rings. The second kappa shape index (κ2) is 4.88. The van der Waals surface area contributed by atoms with Gasteiger partial charge < -0.3 is 10.3 Å². The highest BCUT2D eigenvalue weighted by molar-refractivity contribution is 7.91. The van der Waals surface area contributed by atoms with Crippen LogP contribution in [0.4, 0.5) is 15.8 Å². The fourth-order valence-electron chi connectivity index (χ4n) is 1.49. The number of benzene rings is 1. The van der Waals surface area contributed by atoms with E-state index in [0.717, 1.165) is 6.07 Å². The Morgan fingerprint density at radius 1 is 1.42 bits per heavy atom. The second-order valence-corrected chi connectivity index (χ2v) is 5.75. The summed E-state index contributed by atoms with van der Waals surface area (Å²) >= 11 is 0. The average Bonchev–Trinajstić information content (AvgIpc) is 2.68. The number of hydrogen-bond acceptors (Lipinski definition) is 5. The lowest BCUT2D eigenvalue weighted by molar-refractivity contribution is 0.392. The summed E-state index contributed by atoms with van der Waals surface area (Å²) in [5.41, 5.74) is 5.64. The molecule has 8 heteroatoms. The van der Waals surface area contributed by atoms with Crippen molar-refractivity contribution in [1.29, 1.82) is 0 Å². The van der Waals surface area contributed by atoms with Crippen molar-refractivity contribution in [2.75, 3.05) is 10.5 Å². The van der Waals surface area contributed by atoms with Crippen molar-refractivity contribution in [3.05, 3.63) is 41.5 Å². The zero-order valence-electron chi connectivity index (χ0n) is 10.1. The van der Waals surface area contributed by atoms with E-state index in [1.807, 2.05) is 0 Å². The first-order chi connectivity index (χ1) is 8.85. The molecule has 0 aliphatic heterocycles. The summed E-state index contributed by atoms with van der Waals surface area (Å²) < 4.78 is 43.9. The minimum Gasteiger partial charge on any atom is -0.396 e. The summed E-state index contributed by atoms with van der Waals surface area (Å²) in [5.74, 6) is -0.516. The minimum atomic E-state index is -3.68. The van der Waals surface area contributed by atoms with E-state index < -0.39 is 15.8 Å². The van der Waals surface area contributed by atoms with E-state index in [-0.39, 0.29) is 22.8 Å². The maximum atomic E-state index is 13.2. The van der Waals surface area contributed by atoms with Gasteiger partial charge in [0, 0.05) is 12.1 Å². The Balaban J connectivity index is 2.14. The summed E-state index contributed by atoms with van der Waals surface area (Å²) in [5, 5.41) is 3.59. The van der Waals surface area contributed by atoms with Crippen LogP contribution in [-0.2, 0) is 15.8 Å². The van der Waals surface area contributed by atoms with E-state index in [1.165, 1.54) is 18.2 Å². The Labute approximate surface area is 109 Å². The summed E-state index contributed by atoms with van der Waals surface area (Å²) in [4.78, 5) is 0. The summed E-state index contributed by atoms with van der Waals surface area (Å²) in [6, 6.07) is 5.20. The highest BCUT2D eigenvalue weighted by Gasteiger charge is 2.15. The van der Waals surface area contributed by atoms with Crippen LogP contribution in [0.2, 0.25) is 0 Å². The highest BCUT2D eigenvalue weighted by atomic mass is 32.2. The Hall–Kier alpha value is -2.09. The lowest BCUT2D eigenvalue weighted by atomic mass is 10.3. The molecule has 0 fully saturated rings. The van der Waals surface area contributed by atoms with Crippen LogP contribution in [-0.4, -0.2) is 13.6 Å². The number of nitrogen functional groups attached to an aromatic ring is 1. The predicted molar refractivity (Wildman–Crippen MR) is 68.3 cm³/mol. The molecule has 1 aromatic heterocycles. The van der Waals surface area contributed by atoms with Crippen LogP contribution in [0.15, 0.2) is 28.8 Å². The van der Waals surface area contributed by atoms with Crippen molar-refractivity contribution in [2.45, 2.75) is 12.7 Å². The van der Waals surface area contributed by atoms with Crippen molar-refractivity contribution in [2.24, 2.45) is 0 Å². The van der Waals surface area contributed by atoms with Gasteiger partial charge in [0.05, 0.1) is 11.4 Å². The molecule has 3 N–H and O–H groups in total. The number of aryl methyl sites for hydroxylation is 1. The molecule has 0 atom stereocenters. The molecular formula is C11H12FN3O3S. The van der Waals surface area contributed by atoms with Gasteiger partial charge in [-0.15, -0.1) is 0 Å². The minimum absolute atomic E-state index is 0.0462. The maximum absolute atomic E-state index is 13.2. The smallest absolute Gasteiger partial charge is 0.238 e. The third kappa shape index (κ3) is 3.44. The number of sulfonamides is 1. The van der Waals surface area contributed by atoms with Crippen molar-refractivity contribution < 1.29 is 17.3 Å². The number of nitrogens with two attached hydrogens (primary N) is 1. The molecule has 6 nitrogen and oxygen atoms in total. The van der Waals surface area contributed by atoms with Crippen LogP contribution in [0.1, 0.15) is 11.5 Å². The van der Waals surface area contributed by atoms with Gasteiger partial charge in [0.25, 0.3) is 0 Å². The van der Waals surface area contributed by atoms with Crippen molar-refractivity contribution >= 4 is 21.4 Å². The molecule has 1 heterocycles. The van der Waals surface area contributed by atoms with Crippen molar-refractivity contribution in [3.63, 3.8) is 0 Å². The fraction of sp³-hybridized carbons (Fsp3) is 0.182. The van der Waals surface area contributed by atoms with E-state index in [0.29, 0.717) is 5.76 Å². The first-order valence-corrected chi connectivity index (χ1v) is 6.99. The third-order valence-corrected chi connectivity index (χ3v) is 3.51. The molecule has 0 bridgehead atoms. The summed E-state index contributed by atoms with van der Waals surface area (Å²) in [6.07, 6.45) is 0. The molecule has 0 saturated heterocycles. The van der Waals surface area contributed by atoms with Gasteiger partial charge in [-0.05, 0) is 19.1 Å². The van der Waals surface area contributed by atoms with Crippen LogP contribution >= 0.6 is 0 Å². The molecule has 102 valence electrons. The first-order valence-electron chi connectivity index (χ1n) is 5.33. The van der Waals surface area contributed by atoms with Gasteiger partial charge in [0.1, 0.15) is 23.0 Å². The number of nitrogens with zero attached hydrogens (tertiary/aromatic N) is 1. The number of halogens is 1. The van der Waals surface area contributed by atoms with Gasteiger partial charge in [0.15, 0.2) is 0 Å². The third-order valence-electron chi connectivity index (χ3n) is 2.29. The number of rotatable bonds is 4. The van der Waals surface area contributed by atoms with Gasteiger partial charge in [-0.1, -0.05) is 5.16 Å². The lowest BCUT2D eigenvalue weighted by Gasteiger charge is -2.07. The highest BCUT2D eigenvalue weighted by Crippen LogP contribution is 2.18. The molecule has 2 rings (SSSR count). The quantitative estimate of drug-likeness (QED) is 0.832. The first kappa shape index (κ1) is 13.3. The van der Waals surface area contributed by atoms with Gasteiger partial charge in [-0.2, -0.15) is 0 Å². The van der Waals surface area contributed by atoms with Crippen LogP contribution in [0, 0.1) is 12.7 Å². The molecule has 2 aromatic rings. The van der Waals surface area contributed by atoms with E-state index in [9.17, 15) is 12.8 Å². The molecule has 0 saturated carbocycles. The van der Waals surface area contributed by atoms with Gasteiger partial charge >= 0.3 is 0 Å². The average molecular weight is 285 g/mol. The van der Waals surface area contributed by atoms with Gasteiger partial charge in [-0.25, -0.2) is 12.8 Å². The second-order valence-electron chi connectivity index (χ2n) is 4.03. The molecule has 0 aliphatic carbocycles. The molecule has 0 amide bonds. The number of nitrogens with one attached hydrogen (secondary N) is 1. The zero-order valence-corrected chi connectivity index (χ0v) is 10.9. The largest absolute Gasteiger partial charge is 0.396 e. The molecular weight excluding hydrogens is 273 g/mol. The van der Waals surface area contributed by atoms with Crippen LogP contribution in [0.25, 0.3) is 0 Å². The maximum Gasteiger partial charge on any atom is 0.238 e. The zero-order chi connectivity index (χ0) is 14.0. The standard InChI is InChI=1S/C11H12FN3O3S/c1-7-4-9(14-18-7)6-19(16,17)15-8-2-3-11(13)10(12)5-8/h2-5,15H,6,13H2,1H3. The predicted octanol–water partition coefficient (Wildman–Crippen LogP) is 1.65. The number of hydrogen-bond donors (Lipinski definition) is 2. The molecule has 0 radical (unpaired) electrons. The molecule has 19 heavy (non-hydrogen) atoms. The van der Waals surface area contributed by atoms with Crippen LogP contribution in [0.3, 0.4) is 0 Å². The Kier molecular flexibility index (Phi) is 3.43. The topological polar surface area (TPSA) is 98.2 Å². The van der Waals surface area contributed by atoms with E-state index in [1.54, 1.807) is 6.92 Å². The SMILES string of the molecule is Cc1cc(CS(=O)(=O)Nc2ccc(N)c(F)c2)no1. The normalized spacial score (nSPS) is 11.5. The Morgan fingerprint density at radius 2 is 2.16 bits per heavy atom.